The molecule has 0 unspecified atom stereocenters. The molecular formula is C18H17FN2O3S. The van der Waals surface area contributed by atoms with E-state index >= 15 is 0 Å². The van der Waals surface area contributed by atoms with Crippen LogP contribution in [-0.4, -0.2) is 13.6 Å². The number of hydrogen-bond acceptors (Lipinski definition) is 4. The number of benzene rings is 2. The molecule has 1 heterocycles. The minimum absolute atomic E-state index is 0.130. The van der Waals surface area contributed by atoms with E-state index in [9.17, 15) is 12.8 Å². The third-order valence-electron chi connectivity index (χ3n) is 3.73. The van der Waals surface area contributed by atoms with E-state index in [2.05, 4.69) is 9.88 Å². The van der Waals surface area contributed by atoms with Gasteiger partial charge in [0.1, 0.15) is 5.82 Å². The lowest BCUT2D eigenvalue weighted by molar-refractivity contribution is 0.427. The maximum absolute atomic E-state index is 13.3. The normalized spacial score (nSPS) is 11.5. The highest BCUT2D eigenvalue weighted by atomic mass is 32.2. The highest BCUT2D eigenvalue weighted by molar-refractivity contribution is 7.92. The van der Waals surface area contributed by atoms with Crippen LogP contribution in [0.4, 0.5) is 10.1 Å². The smallest absolute Gasteiger partial charge is 0.262 e. The third kappa shape index (κ3) is 3.71. The molecule has 3 aromatic rings. The molecule has 0 spiro atoms. The summed E-state index contributed by atoms with van der Waals surface area (Å²) in [5, 5.41) is 3.82. The average molecular weight is 360 g/mol. The van der Waals surface area contributed by atoms with Crippen LogP contribution in [0.2, 0.25) is 0 Å². The molecule has 0 bridgehead atoms. The van der Waals surface area contributed by atoms with Crippen molar-refractivity contribution >= 4 is 15.7 Å². The molecule has 3 rings (SSSR count). The standard InChI is InChI=1S/C18H17FN2O3S/c1-3-13-7-8-14(17-9-12(2)20-24-17)10-18(13)25(22,23)21-16-6-4-5-15(19)11-16/h4-11,21H,3H2,1-2H3. The van der Waals surface area contributed by atoms with Gasteiger partial charge in [-0.1, -0.05) is 30.3 Å². The van der Waals surface area contributed by atoms with E-state index in [0.717, 1.165) is 6.07 Å². The molecular weight excluding hydrogens is 343 g/mol. The van der Waals surface area contributed by atoms with Crippen molar-refractivity contribution in [2.45, 2.75) is 25.2 Å². The molecule has 0 atom stereocenters. The molecule has 0 aliphatic rings. The second kappa shape index (κ2) is 6.68. The molecule has 0 aliphatic heterocycles. The van der Waals surface area contributed by atoms with Gasteiger partial charge in [-0.3, -0.25) is 4.72 Å². The van der Waals surface area contributed by atoms with Gasteiger partial charge >= 0.3 is 0 Å². The van der Waals surface area contributed by atoms with Crippen LogP contribution in [0.25, 0.3) is 11.3 Å². The Morgan fingerprint density at radius 1 is 1.16 bits per heavy atom. The largest absolute Gasteiger partial charge is 0.356 e. The molecule has 0 radical (unpaired) electrons. The van der Waals surface area contributed by atoms with Crippen molar-refractivity contribution in [3.8, 4) is 11.3 Å². The van der Waals surface area contributed by atoms with Crippen LogP contribution in [0.3, 0.4) is 0 Å². The molecule has 5 nitrogen and oxygen atoms in total. The van der Waals surface area contributed by atoms with Crippen molar-refractivity contribution < 1.29 is 17.3 Å². The molecule has 1 aromatic heterocycles. The first-order valence-corrected chi connectivity index (χ1v) is 9.22. The number of sulfonamides is 1. The summed E-state index contributed by atoms with van der Waals surface area (Å²) in [5.41, 5.74) is 2.14. The minimum Gasteiger partial charge on any atom is -0.356 e. The van der Waals surface area contributed by atoms with E-state index in [1.54, 1.807) is 31.2 Å². The van der Waals surface area contributed by atoms with Crippen LogP contribution in [0.15, 0.2) is 57.9 Å². The highest BCUT2D eigenvalue weighted by Gasteiger charge is 2.20. The Morgan fingerprint density at radius 2 is 1.96 bits per heavy atom. The van der Waals surface area contributed by atoms with Gasteiger partial charge in [0.2, 0.25) is 0 Å². The molecule has 0 aliphatic carbocycles. The van der Waals surface area contributed by atoms with Gasteiger partial charge in [0, 0.05) is 11.6 Å². The Bertz CT molecular complexity index is 1010. The van der Waals surface area contributed by atoms with Crippen LogP contribution < -0.4 is 4.72 Å². The van der Waals surface area contributed by atoms with E-state index in [1.165, 1.54) is 18.2 Å². The number of aryl methyl sites for hydroxylation is 2. The zero-order valence-corrected chi connectivity index (χ0v) is 14.6. The number of hydrogen-bond donors (Lipinski definition) is 1. The molecule has 1 N–H and O–H groups in total. The summed E-state index contributed by atoms with van der Waals surface area (Å²) in [7, 11) is -3.88. The summed E-state index contributed by atoms with van der Waals surface area (Å²) in [4.78, 5) is 0.130. The lowest BCUT2D eigenvalue weighted by Gasteiger charge is -2.12. The Hall–Kier alpha value is -2.67. The first-order chi connectivity index (χ1) is 11.9. The van der Waals surface area contributed by atoms with Crippen molar-refractivity contribution in [2.75, 3.05) is 4.72 Å². The summed E-state index contributed by atoms with van der Waals surface area (Å²) in [5.74, 6) is -0.0239. The fourth-order valence-corrected chi connectivity index (χ4v) is 3.90. The van der Waals surface area contributed by atoms with E-state index in [-0.39, 0.29) is 10.6 Å². The van der Waals surface area contributed by atoms with Crippen LogP contribution >= 0.6 is 0 Å². The van der Waals surface area contributed by atoms with Crippen LogP contribution in [-0.2, 0) is 16.4 Å². The maximum Gasteiger partial charge on any atom is 0.262 e. The maximum atomic E-state index is 13.3. The predicted octanol–water partition coefficient (Wildman–Crippen LogP) is 4.15. The van der Waals surface area contributed by atoms with Crippen molar-refractivity contribution in [1.29, 1.82) is 0 Å². The fourth-order valence-electron chi connectivity index (χ4n) is 2.51. The second-order valence-corrected chi connectivity index (χ2v) is 7.28. The van der Waals surface area contributed by atoms with Crippen molar-refractivity contribution in [3.05, 3.63) is 65.6 Å². The molecule has 2 aromatic carbocycles. The SMILES string of the molecule is CCc1ccc(-c2cc(C)no2)cc1S(=O)(=O)Nc1cccc(F)c1. The van der Waals surface area contributed by atoms with Crippen molar-refractivity contribution in [3.63, 3.8) is 0 Å². The van der Waals surface area contributed by atoms with Gasteiger partial charge in [0.05, 0.1) is 16.3 Å². The predicted molar refractivity (Wildman–Crippen MR) is 93.3 cm³/mol. The van der Waals surface area contributed by atoms with E-state index in [4.69, 9.17) is 4.52 Å². The summed E-state index contributed by atoms with van der Waals surface area (Å²) in [6, 6.07) is 12.1. The third-order valence-corrected chi connectivity index (χ3v) is 5.19. The number of anilines is 1. The molecule has 7 heteroatoms. The van der Waals surface area contributed by atoms with E-state index in [0.29, 0.717) is 29.0 Å². The van der Waals surface area contributed by atoms with Gasteiger partial charge in [0.15, 0.2) is 5.76 Å². The van der Waals surface area contributed by atoms with E-state index < -0.39 is 15.8 Å². The molecule has 0 saturated heterocycles. The molecule has 25 heavy (non-hydrogen) atoms. The Labute approximate surface area is 145 Å². The summed E-state index contributed by atoms with van der Waals surface area (Å²) < 4.78 is 46.6. The monoisotopic (exact) mass is 360 g/mol. The van der Waals surface area contributed by atoms with Crippen LogP contribution in [0.5, 0.6) is 0 Å². The van der Waals surface area contributed by atoms with Crippen molar-refractivity contribution in [1.82, 2.24) is 5.16 Å². The average Bonchev–Trinajstić information content (AvgIpc) is 3.00. The summed E-state index contributed by atoms with van der Waals surface area (Å²) in [6.45, 7) is 3.66. The molecule has 0 amide bonds. The topological polar surface area (TPSA) is 72.2 Å². The zero-order chi connectivity index (χ0) is 18.0. The Morgan fingerprint density at radius 3 is 2.60 bits per heavy atom. The number of rotatable bonds is 5. The van der Waals surface area contributed by atoms with Gasteiger partial charge in [-0.15, -0.1) is 0 Å². The first kappa shape index (κ1) is 17.2. The quantitative estimate of drug-likeness (QED) is 0.742. The zero-order valence-electron chi connectivity index (χ0n) is 13.8. The van der Waals surface area contributed by atoms with Gasteiger partial charge in [-0.2, -0.15) is 0 Å². The Balaban J connectivity index is 2.04. The second-order valence-electron chi connectivity index (χ2n) is 5.62. The fraction of sp³-hybridized carbons (Fsp3) is 0.167. The molecule has 0 saturated carbocycles. The van der Waals surface area contributed by atoms with Gasteiger partial charge in [-0.25, -0.2) is 12.8 Å². The van der Waals surface area contributed by atoms with Crippen LogP contribution in [0.1, 0.15) is 18.2 Å². The number of nitrogens with one attached hydrogen (secondary N) is 1. The molecule has 130 valence electrons. The lowest BCUT2D eigenvalue weighted by atomic mass is 10.1. The lowest BCUT2D eigenvalue weighted by Crippen LogP contribution is -2.15. The minimum atomic E-state index is -3.88. The summed E-state index contributed by atoms with van der Waals surface area (Å²) in [6.07, 6.45) is 0.537. The van der Waals surface area contributed by atoms with Gasteiger partial charge in [0.25, 0.3) is 10.0 Å². The highest BCUT2D eigenvalue weighted by Crippen LogP contribution is 2.28. The molecule has 0 fully saturated rings. The number of nitrogens with zero attached hydrogens (tertiary/aromatic N) is 1. The Kier molecular flexibility index (Phi) is 4.59. The van der Waals surface area contributed by atoms with Crippen LogP contribution in [0, 0.1) is 12.7 Å². The number of halogens is 1. The first-order valence-electron chi connectivity index (χ1n) is 7.74. The van der Waals surface area contributed by atoms with Gasteiger partial charge in [-0.05, 0) is 43.2 Å². The summed E-state index contributed by atoms with van der Waals surface area (Å²) >= 11 is 0. The van der Waals surface area contributed by atoms with Crippen molar-refractivity contribution in [2.24, 2.45) is 0 Å². The van der Waals surface area contributed by atoms with E-state index in [1.807, 2.05) is 6.92 Å². The van der Waals surface area contributed by atoms with Gasteiger partial charge < -0.3 is 4.52 Å². The number of aromatic nitrogens is 1.